The van der Waals surface area contributed by atoms with Crippen molar-refractivity contribution in [2.75, 3.05) is 0 Å². The number of carboxylic acid groups (broad SMARTS) is 1. The van der Waals surface area contributed by atoms with Gasteiger partial charge in [-0.2, -0.15) is 0 Å². The van der Waals surface area contributed by atoms with E-state index < -0.39 is 5.97 Å². The smallest absolute Gasteiger partial charge is 0.352 e. The molecule has 3 heteroatoms. The number of terminal acetylenes is 1. The van der Waals surface area contributed by atoms with Gasteiger partial charge >= 0.3 is 5.97 Å². The van der Waals surface area contributed by atoms with Gasteiger partial charge in [0.25, 0.3) is 0 Å². The third kappa shape index (κ3) is 4.39. The van der Waals surface area contributed by atoms with Gasteiger partial charge in [0.2, 0.25) is 0 Å². The Kier molecular flexibility index (Phi) is 8.70. The number of aromatic carboxylic acids is 1. The summed E-state index contributed by atoms with van der Waals surface area (Å²) in [6.45, 7) is 12.5. The van der Waals surface area contributed by atoms with Gasteiger partial charge in [-0.1, -0.05) is 53.5 Å². The molecule has 0 spiro atoms. The van der Waals surface area contributed by atoms with Crippen molar-refractivity contribution >= 4 is 16.9 Å². The molecule has 0 saturated carbocycles. The summed E-state index contributed by atoms with van der Waals surface area (Å²) >= 11 is 0. The molecule has 0 atom stereocenters. The Morgan fingerprint density at radius 3 is 2.27 bits per heavy atom. The third-order valence-electron chi connectivity index (χ3n) is 3.06. The Hall–Kier alpha value is -2.21. The normalized spacial score (nSPS) is 9.36. The summed E-state index contributed by atoms with van der Waals surface area (Å²) in [7, 11) is 0. The van der Waals surface area contributed by atoms with Crippen molar-refractivity contribution in [2.45, 2.75) is 54.0 Å². The molecule has 1 aromatic heterocycles. The summed E-state index contributed by atoms with van der Waals surface area (Å²) in [6, 6.07) is 7.67. The topological polar surface area (TPSA) is 42.2 Å². The van der Waals surface area contributed by atoms with Gasteiger partial charge in [-0.3, -0.25) is 0 Å². The molecule has 0 radical (unpaired) electrons. The highest BCUT2D eigenvalue weighted by Crippen LogP contribution is 2.24. The first-order valence-electron chi connectivity index (χ1n) is 7.84. The number of nitrogens with zero attached hydrogens (tertiary/aromatic N) is 1. The number of hydrogen-bond acceptors (Lipinski definition) is 1. The van der Waals surface area contributed by atoms with Gasteiger partial charge in [0, 0.05) is 10.9 Å². The third-order valence-corrected chi connectivity index (χ3v) is 3.06. The lowest BCUT2D eigenvalue weighted by molar-refractivity contribution is 0.0686. The van der Waals surface area contributed by atoms with Gasteiger partial charge in [-0.25, -0.2) is 4.79 Å². The van der Waals surface area contributed by atoms with Crippen molar-refractivity contribution in [3.05, 3.63) is 35.5 Å². The zero-order chi connectivity index (χ0) is 17.3. The zero-order valence-electron chi connectivity index (χ0n) is 14.5. The Bertz CT molecular complexity index is 645. The van der Waals surface area contributed by atoms with Gasteiger partial charge in [0.1, 0.15) is 5.69 Å². The lowest BCUT2D eigenvalue weighted by atomic mass is 10.0. The minimum absolute atomic E-state index is 0.240. The molecule has 3 nitrogen and oxygen atoms in total. The molecule has 0 fully saturated rings. The van der Waals surface area contributed by atoms with Crippen molar-refractivity contribution < 1.29 is 9.90 Å². The summed E-state index contributed by atoms with van der Waals surface area (Å²) in [5, 5.41) is 10.1. The average molecular weight is 301 g/mol. The van der Waals surface area contributed by atoms with Crippen LogP contribution in [0.5, 0.6) is 0 Å². The monoisotopic (exact) mass is 301 g/mol. The molecule has 2 rings (SSSR count). The van der Waals surface area contributed by atoms with Crippen LogP contribution >= 0.6 is 0 Å². The minimum Gasteiger partial charge on any atom is -0.477 e. The van der Waals surface area contributed by atoms with Crippen LogP contribution in [0, 0.1) is 12.3 Å². The van der Waals surface area contributed by atoms with Crippen LogP contribution in [0.15, 0.2) is 24.3 Å². The van der Waals surface area contributed by atoms with Crippen LogP contribution < -0.4 is 0 Å². The Balaban J connectivity index is 0.00000102. The summed E-state index contributed by atoms with van der Waals surface area (Å²) < 4.78 is 1.65. The lowest BCUT2D eigenvalue weighted by Crippen LogP contribution is -2.07. The molecule has 1 N–H and O–H groups in total. The molecule has 0 aliphatic rings. The lowest BCUT2D eigenvalue weighted by Gasteiger charge is -2.06. The molecule has 1 aromatic carbocycles. The van der Waals surface area contributed by atoms with Crippen molar-refractivity contribution in [3.63, 3.8) is 0 Å². The molecule has 0 bridgehead atoms. The predicted octanol–water partition coefficient (Wildman–Crippen LogP) is 5.15. The van der Waals surface area contributed by atoms with E-state index in [1.165, 1.54) is 5.56 Å². The van der Waals surface area contributed by atoms with E-state index in [-0.39, 0.29) is 12.2 Å². The van der Waals surface area contributed by atoms with Crippen LogP contribution in [0.3, 0.4) is 0 Å². The maximum Gasteiger partial charge on any atom is 0.352 e. The SMILES string of the molecule is C#CCn1c(C(=O)O)cc2cc(C(C)C)ccc21.CC.CC. The van der Waals surface area contributed by atoms with Gasteiger partial charge in [-0.05, 0) is 29.7 Å². The molecular weight excluding hydrogens is 274 g/mol. The second-order valence-corrected chi connectivity index (χ2v) is 4.60. The molecule has 0 aliphatic heterocycles. The molecule has 2 aromatic rings. The molecule has 22 heavy (non-hydrogen) atoms. The molecule has 0 amide bonds. The summed E-state index contributed by atoms with van der Waals surface area (Å²) in [5.74, 6) is 1.96. The first-order valence-corrected chi connectivity index (χ1v) is 7.84. The number of aromatic nitrogens is 1. The van der Waals surface area contributed by atoms with E-state index in [1.54, 1.807) is 10.6 Å². The van der Waals surface area contributed by atoms with Crippen LogP contribution in [0.25, 0.3) is 10.9 Å². The number of carboxylic acids is 1. The van der Waals surface area contributed by atoms with Gasteiger partial charge < -0.3 is 9.67 Å². The maximum atomic E-state index is 11.2. The Labute approximate surface area is 134 Å². The second kappa shape index (κ2) is 9.68. The zero-order valence-corrected chi connectivity index (χ0v) is 14.5. The quantitative estimate of drug-likeness (QED) is 0.797. The van der Waals surface area contributed by atoms with Crippen LogP contribution in [0.2, 0.25) is 0 Å². The van der Waals surface area contributed by atoms with E-state index >= 15 is 0 Å². The fourth-order valence-corrected chi connectivity index (χ4v) is 2.09. The summed E-state index contributed by atoms with van der Waals surface area (Å²) in [6.07, 6.45) is 5.29. The molecular formula is C19H27NO2. The number of fused-ring (bicyclic) bond motifs is 1. The highest BCUT2D eigenvalue weighted by Gasteiger charge is 2.14. The predicted molar refractivity (Wildman–Crippen MR) is 94.5 cm³/mol. The molecule has 120 valence electrons. The van der Waals surface area contributed by atoms with Crippen molar-refractivity contribution in [1.82, 2.24) is 4.57 Å². The van der Waals surface area contributed by atoms with E-state index in [1.807, 2.05) is 45.9 Å². The number of hydrogen-bond donors (Lipinski definition) is 1. The van der Waals surface area contributed by atoms with Crippen molar-refractivity contribution in [1.29, 1.82) is 0 Å². The average Bonchev–Trinajstić information content (AvgIpc) is 2.90. The number of rotatable bonds is 3. The van der Waals surface area contributed by atoms with Crippen LogP contribution in [-0.4, -0.2) is 15.6 Å². The fourth-order valence-electron chi connectivity index (χ4n) is 2.09. The van der Waals surface area contributed by atoms with Gasteiger partial charge in [-0.15, -0.1) is 6.42 Å². The van der Waals surface area contributed by atoms with E-state index in [9.17, 15) is 9.90 Å². The van der Waals surface area contributed by atoms with Crippen molar-refractivity contribution in [3.8, 4) is 12.3 Å². The first kappa shape index (κ1) is 19.8. The van der Waals surface area contributed by atoms with Crippen LogP contribution in [0.1, 0.15) is 63.5 Å². The van der Waals surface area contributed by atoms with Gasteiger partial charge in [0.15, 0.2) is 0 Å². The van der Waals surface area contributed by atoms with E-state index in [4.69, 9.17) is 6.42 Å². The second-order valence-electron chi connectivity index (χ2n) is 4.60. The summed E-state index contributed by atoms with van der Waals surface area (Å²) in [5.41, 5.74) is 2.30. The molecule has 0 unspecified atom stereocenters. The maximum absolute atomic E-state index is 11.2. The van der Waals surface area contributed by atoms with Gasteiger partial charge in [0.05, 0.1) is 6.54 Å². The standard InChI is InChI=1S/C15H15NO2.2C2H6/c1-4-7-16-13-6-5-11(10(2)3)8-12(13)9-14(16)15(17)18;2*1-2/h1,5-6,8-10H,7H2,2-3H3,(H,17,18);2*1-2H3. The number of carbonyl (C=O) groups is 1. The number of benzene rings is 1. The van der Waals surface area contributed by atoms with E-state index in [0.29, 0.717) is 5.92 Å². The van der Waals surface area contributed by atoms with E-state index in [0.717, 1.165) is 10.9 Å². The van der Waals surface area contributed by atoms with Crippen LogP contribution in [-0.2, 0) is 6.54 Å². The highest BCUT2D eigenvalue weighted by atomic mass is 16.4. The molecule has 0 saturated heterocycles. The molecule has 1 heterocycles. The Morgan fingerprint density at radius 2 is 1.82 bits per heavy atom. The van der Waals surface area contributed by atoms with E-state index in [2.05, 4.69) is 19.8 Å². The minimum atomic E-state index is -0.951. The molecule has 0 aliphatic carbocycles. The highest BCUT2D eigenvalue weighted by molar-refractivity contribution is 5.95. The first-order chi connectivity index (χ1) is 10.5. The van der Waals surface area contributed by atoms with Crippen molar-refractivity contribution in [2.24, 2.45) is 0 Å². The fraction of sp³-hybridized carbons (Fsp3) is 0.421. The summed E-state index contributed by atoms with van der Waals surface area (Å²) in [4.78, 5) is 11.2. The Morgan fingerprint density at radius 1 is 1.23 bits per heavy atom. The van der Waals surface area contributed by atoms with Crippen LogP contribution in [0.4, 0.5) is 0 Å². The largest absolute Gasteiger partial charge is 0.477 e.